The number of hydrogen-bond acceptors (Lipinski definition) is 3. The summed E-state index contributed by atoms with van der Waals surface area (Å²) in [4.78, 5) is 11.5. The van der Waals surface area contributed by atoms with Crippen LogP contribution in [0.1, 0.15) is 35.2 Å². The number of hydrogen-bond donors (Lipinski definition) is 1. The van der Waals surface area contributed by atoms with Crippen molar-refractivity contribution in [1.29, 1.82) is 0 Å². The van der Waals surface area contributed by atoms with Gasteiger partial charge in [0, 0.05) is 5.70 Å². The third-order valence-electron chi connectivity index (χ3n) is 3.35. The molecule has 0 aliphatic heterocycles. The molecular formula is C16H19NO2. The van der Waals surface area contributed by atoms with Gasteiger partial charge in [-0.05, 0) is 49.5 Å². The van der Waals surface area contributed by atoms with Gasteiger partial charge in [0.05, 0.1) is 12.7 Å². The Kier molecular flexibility index (Phi) is 4.39. The summed E-state index contributed by atoms with van der Waals surface area (Å²) in [5, 5.41) is 0. The number of methoxy groups -OCH3 is 1. The van der Waals surface area contributed by atoms with Crippen LogP contribution in [-0.2, 0) is 11.2 Å². The second-order valence-corrected chi connectivity index (χ2v) is 4.76. The number of esters is 1. The van der Waals surface area contributed by atoms with Crippen molar-refractivity contribution >= 4 is 5.97 Å². The minimum Gasteiger partial charge on any atom is -0.465 e. The molecule has 2 rings (SSSR count). The highest BCUT2D eigenvalue weighted by atomic mass is 16.5. The molecule has 0 spiro atoms. The Bertz CT molecular complexity index is 529. The molecule has 2 N–H and O–H groups in total. The van der Waals surface area contributed by atoms with Crippen molar-refractivity contribution < 1.29 is 9.53 Å². The minimum absolute atomic E-state index is 0.283. The van der Waals surface area contributed by atoms with Crippen LogP contribution in [0.5, 0.6) is 0 Å². The van der Waals surface area contributed by atoms with Crippen LogP contribution in [0.25, 0.3) is 0 Å². The number of benzene rings is 1. The van der Waals surface area contributed by atoms with Crippen molar-refractivity contribution in [3.63, 3.8) is 0 Å². The number of ether oxygens (including phenoxy) is 1. The summed E-state index contributed by atoms with van der Waals surface area (Å²) < 4.78 is 4.73. The van der Waals surface area contributed by atoms with Crippen LogP contribution in [0, 0.1) is 0 Å². The first-order valence-corrected chi connectivity index (χ1v) is 6.50. The second-order valence-electron chi connectivity index (χ2n) is 4.76. The first kappa shape index (κ1) is 13.4. The van der Waals surface area contributed by atoms with Crippen molar-refractivity contribution in [2.24, 2.45) is 5.73 Å². The first-order chi connectivity index (χ1) is 9.19. The molecule has 1 aliphatic carbocycles. The Hall–Kier alpha value is -2.03. The van der Waals surface area contributed by atoms with E-state index in [4.69, 9.17) is 10.5 Å². The van der Waals surface area contributed by atoms with Crippen LogP contribution in [0.2, 0.25) is 0 Å². The topological polar surface area (TPSA) is 52.3 Å². The maximum atomic E-state index is 11.5. The number of nitrogens with two attached hydrogens (primary N) is 1. The minimum atomic E-state index is -0.283. The van der Waals surface area contributed by atoms with E-state index in [0.29, 0.717) is 5.56 Å². The fourth-order valence-corrected chi connectivity index (χ4v) is 2.18. The van der Waals surface area contributed by atoms with Crippen molar-refractivity contribution in [1.82, 2.24) is 0 Å². The molecule has 19 heavy (non-hydrogen) atoms. The Morgan fingerprint density at radius 2 is 2.11 bits per heavy atom. The maximum Gasteiger partial charge on any atom is 0.337 e. The smallest absolute Gasteiger partial charge is 0.337 e. The van der Waals surface area contributed by atoms with E-state index in [9.17, 15) is 4.79 Å². The molecule has 0 saturated heterocycles. The van der Waals surface area contributed by atoms with Crippen LogP contribution in [0.15, 0.2) is 47.7 Å². The highest BCUT2D eigenvalue weighted by molar-refractivity contribution is 5.89. The number of rotatable bonds is 4. The van der Waals surface area contributed by atoms with E-state index in [1.165, 1.54) is 12.7 Å². The zero-order valence-corrected chi connectivity index (χ0v) is 11.2. The molecule has 0 heterocycles. The summed E-state index contributed by atoms with van der Waals surface area (Å²) in [5.41, 5.74) is 9.88. The van der Waals surface area contributed by atoms with Gasteiger partial charge in [0.2, 0.25) is 0 Å². The normalized spacial score (nSPS) is 14.6. The molecule has 0 atom stereocenters. The van der Waals surface area contributed by atoms with Gasteiger partial charge in [-0.1, -0.05) is 23.8 Å². The predicted octanol–water partition coefficient (Wildman–Crippen LogP) is 2.97. The van der Waals surface area contributed by atoms with Crippen molar-refractivity contribution in [3.8, 4) is 0 Å². The van der Waals surface area contributed by atoms with Gasteiger partial charge in [-0.3, -0.25) is 0 Å². The molecule has 1 aromatic rings. The van der Waals surface area contributed by atoms with E-state index in [1.807, 2.05) is 24.3 Å². The van der Waals surface area contributed by atoms with Gasteiger partial charge in [-0.25, -0.2) is 4.79 Å². The van der Waals surface area contributed by atoms with E-state index in [-0.39, 0.29) is 5.97 Å². The molecule has 1 aromatic carbocycles. The molecule has 1 aliphatic rings. The van der Waals surface area contributed by atoms with Crippen LogP contribution >= 0.6 is 0 Å². The van der Waals surface area contributed by atoms with Gasteiger partial charge in [-0.15, -0.1) is 0 Å². The summed E-state index contributed by atoms with van der Waals surface area (Å²) in [6.45, 7) is 0. The highest BCUT2D eigenvalue weighted by Crippen LogP contribution is 2.20. The van der Waals surface area contributed by atoms with E-state index >= 15 is 0 Å². The summed E-state index contributed by atoms with van der Waals surface area (Å²) in [6.07, 6.45) is 8.04. The standard InChI is InChI=1S/C16H19NO2/c1-19-16(18)14-4-2-3-13(11-14)6-5-12-7-9-15(17)10-8-12/h2-4,7,9,11H,5-6,8,10,17H2,1H3. The fourth-order valence-electron chi connectivity index (χ4n) is 2.18. The zero-order chi connectivity index (χ0) is 13.7. The van der Waals surface area contributed by atoms with Gasteiger partial charge in [0.1, 0.15) is 0 Å². The lowest BCUT2D eigenvalue weighted by Gasteiger charge is -2.12. The lowest BCUT2D eigenvalue weighted by atomic mass is 9.96. The number of aryl methyl sites for hydroxylation is 1. The Balaban J connectivity index is 1.98. The quantitative estimate of drug-likeness (QED) is 0.844. The van der Waals surface area contributed by atoms with Crippen molar-refractivity contribution in [2.75, 3.05) is 7.11 Å². The third-order valence-corrected chi connectivity index (χ3v) is 3.35. The molecule has 3 heteroatoms. The largest absolute Gasteiger partial charge is 0.465 e. The predicted molar refractivity (Wildman–Crippen MR) is 75.7 cm³/mol. The van der Waals surface area contributed by atoms with E-state index in [0.717, 1.165) is 36.9 Å². The van der Waals surface area contributed by atoms with Gasteiger partial charge in [0.15, 0.2) is 0 Å². The highest BCUT2D eigenvalue weighted by Gasteiger charge is 2.07. The van der Waals surface area contributed by atoms with Crippen molar-refractivity contribution in [2.45, 2.75) is 25.7 Å². The van der Waals surface area contributed by atoms with Gasteiger partial charge in [-0.2, -0.15) is 0 Å². The van der Waals surface area contributed by atoms with E-state index < -0.39 is 0 Å². The third kappa shape index (κ3) is 3.71. The van der Waals surface area contributed by atoms with Gasteiger partial charge < -0.3 is 10.5 Å². The van der Waals surface area contributed by atoms with Crippen LogP contribution in [-0.4, -0.2) is 13.1 Å². The molecule has 0 amide bonds. The fraction of sp³-hybridized carbons (Fsp3) is 0.312. The Labute approximate surface area is 113 Å². The van der Waals surface area contributed by atoms with E-state index in [2.05, 4.69) is 6.08 Å². The summed E-state index contributed by atoms with van der Waals surface area (Å²) >= 11 is 0. The number of carbonyl (C=O) groups is 1. The molecule has 0 unspecified atom stereocenters. The Morgan fingerprint density at radius 3 is 2.79 bits per heavy atom. The molecule has 0 aromatic heterocycles. The number of carbonyl (C=O) groups excluding carboxylic acids is 1. The summed E-state index contributed by atoms with van der Waals surface area (Å²) in [7, 11) is 1.40. The lowest BCUT2D eigenvalue weighted by molar-refractivity contribution is 0.0600. The average molecular weight is 257 g/mol. The van der Waals surface area contributed by atoms with E-state index in [1.54, 1.807) is 6.07 Å². The molecule has 3 nitrogen and oxygen atoms in total. The number of allylic oxidation sites excluding steroid dienone is 4. The van der Waals surface area contributed by atoms with Gasteiger partial charge >= 0.3 is 5.97 Å². The molecule has 0 fully saturated rings. The van der Waals surface area contributed by atoms with Crippen LogP contribution in [0.3, 0.4) is 0 Å². The Morgan fingerprint density at radius 1 is 1.26 bits per heavy atom. The zero-order valence-electron chi connectivity index (χ0n) is 11.2. The second kappa shape index (κ2) is 6.23. The molecule has 0 radical (unpaired) electrons. The molecular weight excluding hydrogens is 238 g/mol. The first-order valence-electron chi connectivity index (χ1n) is 6.50. The van der Waals surface area contributed by atoms with Crippen LogP contribution < -0.4 is 5.73 Å². The monoisotopic (exact) mass is 257 g/mol. The molecule has 0 saturated carbocycles. The van der Waals surface area contributed by atoms with Crippen LogP contribution in [0.4, 0.5) is 0 Å². The lowest BCUT2D eigenvalue weighted by Crippen LogP contribution is -2.03. The molecule has 0 bridgehead atoms. The molecule has 100 valence electrons. The maximum absolute atomic E-state index is 11.5. The SMILES string of the molecule is COC(=O)c1cccc(CCC2=CC=C(N)CC2)c1. The van der Waals surface area contributed by atoms with Gasteiger partial charge in [0.25, 0.3) is 0 Å². The summed E-state index contributed by atoms with van der Waals surface area (Å²) in [6, 6.07) is 7.62. The summed E-state index contributed by atoms with van der Waals surface area (Å²) in [5.74, 6) is -0.283. The average Bonchev–Trinajstić information content (AvgIpc) is 2.46. The van der Waals surface area contributed by atoms with Crippen molar-refractivity contribution in [3.05, 3.63) is 58.8 Å².